The Hall–Kier alpha value is -3.84. The minimum Gasteiger partial charge on any atom is -0.507 e. The zero-order chi connectivity index (χ0) is 25.2. The Morgan fingerprint density at radius 1 is 0.361 bits per heavy atom. The Morgan fingerprint density at radius 3 is 0.972 bits per heavy atom. The van der Waals surface area contributed by atoms with Gasteiger partial charge in [-0.05, 0) is 24.3 Å². The van der Waals surface area contributed by atoms with Crippen molar-refractivity contribution in [2.75, 3.05) is 0 Å². The summed E-state index contributed by atoms with van der Waals surface area (Å²) in [5, 5.41) is 24.0. The van der Waals surface area contributed by atoms with E-state index in [-0.39, 0.29) is 22.1 Å². The molecule has 5 aromatic rings. The largest absolute Gasteiger partial charge is 0.507 e. The number of hydrogen-bond acceptors (Lipinski definition) is 4. The van der Waals surface area contributed by atoms with Crippen molar-refractivity contribution < 1.29 is 19.3 Å². The first kappa shape index (κ1) is 23.9. The van der Waals surface area contributed by atoms with E-state index < -0.39 is 14.3 Å². The number of hydrogen-bond donors (Lipinski definition) is 2. The molecule has 0 aromatic heterocycles. The van der Waals surface area contributed by atoms with Crippen LogP contribution in [0.15, 0.2) is 133 Å². The van der Waals surface area contributed by atoms with Gasteiger partial charge in [0.15, 0.2) is 14.3 Å². The van der Waals surface area contributed by atoms with Crippen LogP contribution in [-0.2, 0) is 9.13 Å². The summed E-state index contributed by atoms with van der Waals surface area (Å²) in [7, 11) is -7.42. The molecule has 5 rings (SSSR count). The second-order valence-electron chi connectivity index (χ2n) is 8.36. The van der Waals surface area contributed by atoms with E-state index in [0.29, 0.717) is 21.2 Å². The standard InChI is InChI=1S/C30H24O4P2/c31-25-17-7-9-19-27(25)35(33,23-13-3-1-4-14-23)29-21-11-12-22-30(29)36(34,24-15-5-2-6-16-24)28-20-10-8-18-26(28)32/h1-22,31-32H. The van der Waals surface area contributed by atoms with E-state index in [0.717, 1.165) is 0 Å². The van der Waals surface area contributed by atoms with E-state index in [1.54, 1.807) is 109 Å². The maximum Gasteiger partial charge on any atom is 0.175 e. The third kappa shape index (κ3) is 3.89. The Kier molecular flexibility index (Phi) is 6.41. The summed E-state index contributed by atoms with van der Waals surface area (Å²) >= 11 is 0. The molecule has 0 amide bonds. The number of aromatic hydroxyl groups is 2. The van der Waals surface area contributed by atoms with E-state index >= 15 is 9.13 Å². The lowest BCUT2D eigenvalue weighted by Gasteiger charge is -2.28. The first-order valence-electron chi connectivity index (χ1n) is 11.5. The minimum atomic E-state index is -3.71. The van der Waals surface area contributed by atoms with Crippen LogP contribution >= 0.6 is 14.3 Å². The monoisotopic (exact) mass is 510 g/mol. The molecule has 4 nitrogen and oxygen atoms in total. The summed E-state index contributed by atoms with van der Waals surface area (Å²) in [6.07, 6.45) is 0. The van der Waals surface area contributed by atoms with Gasteiger partial charge in [0.1, 0.15) is 11.5 Å². The van der Waals surface area contributed by atoms with Crippen LogP contribution in [0.5, 0.6) is 11.5 Å². The fourth-order valence-electron chi connectivity index (χ4n) is 4.55. The third-order valence-corrected chi connectivity index (χ3v) is 12.7. The summed E-state index contributed by atoms with van der Waals surface area (Å²) < 4.78 is 30.6. The van der Waals surface area contributed by atoms with Gasteiger partial charge in [-0.15, -0.1) is 0 Å². The number of phenols is 2. The maximum absolute atomic E-state index is 15.3. The van der Waals surface area contributed by atoms with Crippen molar-refractivity contribution in [3.05, 3.63) is 133 Å². The van der Waals surface area contributed by atoms with Crippen molar-refractivity contribution >= 4 is 46.1 Å². The predicted octanol–water partition coefficient (Wildman–Crippen LogP) is 4.38. The third-order valence-electron chi connectivity index (χ3n) is 6.24. The molecule has 2 unspecified atom stereocenters. The Balaban J connectivity index is 1.91. The average molecular weight is 510 g/mol. The van der Waals surface area contributed by atoms with Crippen LogP contribution in [0.2, 0.25) is 0 Å². The van der Waals surface area contributed by atoms with Crippen LogP contribution in [0.25, 0.3) is 0 Å². The summed E-state index contributed by atoms with van der Waals surface area (Å²) in [4.78, 5) is 0. The molecule has 0 fully saturated rings. The first-order chi connectivity index (χ1) is 17.5. The van der Waals surface area contributed by atoms with E-state index in [4.69, 9.17) is 0 Å². The van der Waals surface area contributed by atoms with Gasteiger partial charge in [0.05, 0.1) is 10.6 Å². The number of rotatable bonds is 6. The van der Waals surface area contributed by atoms with Gasteiger partial charge in [-0.3, -0.25) is 0 Å². The van der Waals surface area contributed by atoms with Crippen LogP contribution < -0.4 is 31.8 Å². The first-order valence-corrected chi connectivity index (χ1v) is 14.9. The second-order valence-corrected chi connectivity index (χ2v) is 13.8. The highest BCUT2D eigenvalue weighted by molar-refractivity contribution is 7.91. The lowest BCUT2D eigenvalue weighted by Crippen LogP contribution is -2.38. The highest BCUT2D eigenvalue weighted by Crippen LogP contribution is 2.50. The molecule has 178 valence electrons. The van der Waals surface area contributed by atoms with Crippen molar-refractivity contribution in [2.24, 2.45) is 0 Å². The van der Waals surface area contributed by atoms with Crippen molar-refractivity contribution in [2.45, 2.75) is 0 Å². The van der Waals surface area contributed by atoms with Crippen molar-refractivity contribution in [3.8, 4) is 11.5 Å². The topological polar surface area (TPSA) is 74.6 Å². The van der Waals surface area contributed by atoms with Gasteiger partial charge in [0.25, 0.3) is 0 Å². The Bertz CT molecular complexity index is 1490. The SMILES string of the molecule is O=P(c1ccccc1)(c1ccccc1O)c1ccccc1P(=O)(c1ccccc1)c1ccccc1O. The summed E-state index contributed by atoms with van der Waals surface area (Å²) in [6.45, 7) is 0. The lowest BCUT2D eigenvalue weighted by molar-refractivity contribution is 0.478. The Morgan fingerprint density at radius 2 is 0.639 bits per heavy atom. The quantitative estimate of drug-likeness (QED) is 0.333. The molecule has 36 heavy (non-hydrogen) atoms. The van der Waals surface area contributed by atoms with Crippen LogP contribution in [0, 0.1) is 0 Å². The summed E-state index contributed by atoms with van der Waals surface area (Å²) in [5.41, 5.74) is 0. The second kappa shape index (κ2) is 9.66. The molecule has 0 aliphatic rings. The van der Waals surface area contributed by atoms with E-state index in [9.17, 15) is 10.2 Å². The fraction of sp³-hybridized carbons (Fsp3) is 0. The molecular weight excluding hydrogens is 486 g/mol. The zero-order valence-electron chi connectivity index (χ0n) is 19.3. The number of phenolic OH excluding ortho intramolecular Hbond substituents is 2. The van der Waals surface area contributed by atoms with Gasteiger partial charge in [0.2, 0.25) is 0 Å². The maximum atomic E-state index is 15.3. The van der Waals surface area contributed by atoms with Gasteiger partial charge >= 0.3 is 0 Å². The molecule has 0 aliphatic carbocycles. The number of benzene rings is 5. The normalized spacial score (nSPS) is 14.4. The molecule has 0 bridgehead atoms. The van der Waals surface area contributed by atoms with Crippen LogP contribution in [0.3, 0.4) is 0 Å². The fourth-order valence-corrected chi connectivity index (χ4v) is 11.0. The molecule has 0 radical (unpaired) electrons. The van der Waals surface area contributed by atoms with Crippen LogP contribution in [0.4, 0.5) is 0 Å². The summed E-state index contributed by atoms with van der Waals surface area (Å²) in [5.74, 6) is -0.201. The molecular formula is C30H24O4P2. The smallest absolute Gasteiger partial charge is 0.175 e. The van der Waals surface area contributed by atoms with E-state index in [1.165, 1.54) is 12.1 Å². The highest BCUT2D eigenvalue weighted by Gasteiger charge is 2.41. The average Bonchev–Trinajstić information content (AvgIpc) is 2.94. The van der Waals surface area contributed by atoms with E-state index in [2.05, 4.69) is 0 Å². The molecule has 5 aromatic carbocycles. The molecule has 6 heteroatoms. The molecule has 0 heterocycles. The molecule has 2 N–H and O–H groups in total. The van der Waals surface area contributed by atoms with E-state index in [1.807, 2.05) is 12.1 Å². The van der Waals surface area contributed by atoms with Gasteiger partial charge in [-0.2, -0.15) is 0 Å². The predicted molar refractivity (Wildman–Crippen MR) is 149 cm³/mol. The van der Waals surface area contributed by atoms with Crippen molar-refractivity contribution in [1.82, 2.24) is 0 Å². The van der Waals surface area contributed by atoms with Crippen LogP contribution in [-0.4, -0.2) is 10.2 Å². The van der Waals surface area contributed by atoms with Gasteiger partial charge in [0, 0.05) is 21.2 Å². The molecule has 2 atom stereocenters. The van der Waals surface area contributed by atoms with Crippen molar-refractivity contribution in [3.63, 3.8) is 0 Å². The lowest BCUT2D eigenvalue weighted by atomic mass is 10.3. The molecule has 0 saturated heterocycles. The molecule has 0 aliphatic heterocycles. The van der Waals surface area contributed by atoms with Crippen molar-refractivity contribution in [1.29, 1.82) is 0 Å². The minimum absolute atomic E-state index is 0.100. The Labute approximate surface area is 210 Å². The van der Waals surface area contributed by atoms with Crippen LogP contribution in [0.1, 0.15) is 0 Å². The zero-order valence-corrected chi connectivity index (χ0v) is 21.1. The highest BCUT2D eigenvalue weighted by atomic mass is 31.2. The molecule has 0 saturated carbocycles. The summed E-state index contributed by atoms with van der Waals surface area (Å²) in [6, 6.07) is 38.0. The molecule has 0 spiro atoms. The number of para-hydroxylation sites is 2. The van der Waals surface area contributed by atoms with Gasteiger partial charge in [-0.25, -0.2) is 0 Å². The van der Waals surface area contributed by atoms with Gasteiger partial charge < -0.3 is 19.3 Å². The van der Waals surface area contributed by atoms with Gasteiger partial charge in [-0.1, -0.05) is 109 Å².